The molecule has 2 atom stereocenters. The van der Waals surface area contributed by atoms with Gasteiger partial charge in [0.1, 0.15) is 6.61 Å². The van der Waals surface area contributed by atoms with Gasteiger partial charge in [-0.3, -0.25) is 30.8 Å². The molecule has 2 heterocycles. The number of nitrogens with zero attached hydrogens (tertiary/aromatic N) is 2. The number of carbonyl (C=O) groups excluding carboxylic acids is 2. The van der Waals surface area contributed by atoms with Gasteiger partial charge < -0.3 is 15.2 Å². The Balaban J connectivity index is 1.44. The smallest absolute Gasteiger partial charge is 0.409 e. The van der Waals surface area contributed by atoms with Crippen LogP contribution in [0.4, 0.5) is 4.79 Å². The molecule has 0 radical (unpaired) electrons. The number of H-pyrrole nitrogens is 1. The van der Waals surface area contributed by atoms with Gasteiger partial charge in [0.05, 0.1) is 11.7 Å². The Morgan fingerprint density at radius 2 is 1.95 bits per heavy atom. The van der Waals surface area contributed by atoms with E-state index in [0.29, 0.717) is 24.9 Å². The summed E-state index contributed by atoms with van der Waals surface area (Å²) >= 11 is 0. The number of benzene rings is 2. The molecule has 1 aromatic heterocycles. The lowest BCUT2D eigenvalue weighted by Gasteiger charge is -2.31. The van der Waals surface area contributed by atoms with E-state index in [9.17, 15) is 19.5 Å². The van der Waals surface area contributed by atoms with Crippen LogP contribution in [0.15, 0.2) is 59.7 Å². The van der Waals surface area contributed by atoms with Crippen molar-refractivity contribution >= 4 is 35.1 Å². The predicted octanol–water partition coefficient (Wildman–Crippen LogP) is 2.11. The van der Waals surface area contributed by atoms with Gasteiger partial charge in [-0.1, -0.05) is 36.4 Å². The Bertz CT molecular complexity index is 1280. The standard InChI is InChI=1S/C26H31N7O5/c34-22(19-9-10-20-16-30-33-21(20)15-19)31-26(23(35)36,11-4-5-12-27-24-28-13-6-14-29-24)32-25(37)38-17-18-7-2-1-3-8-18/h1-3,7-10,13,15-16,24,27,29H,4-6,11-12,14,17H2,(H,30,33)(H,31,34)(H,32,37)(H,35,36). The maximum absolute atomic E-state index is 13.1. The minimum Gasteiger partial charge on any atom is -0.478 e. The lowest BCUT2D eigenvalue weighted by molar-refractivity contribution is -0.146. The molecular formula is C26H31N7O5. The van der Waals surface area contributed by atoms with Crippen molar-refractivity contribution in [2.75, 3.05) is 13.1 Å². The highest BCUT2D eigenvalue weighted by Gasteiger charge is 2.42. The number of aromatic amines is 1. The van der Waals surface area contributed by atoms with Gasteiger partial charge in [0.25, 0.3) is 5.91 Å². The summed E-state index contributed by atoms with van der Waals surface area (Å²) in [6.07, 6.45) is 4.10. The van der Waals surface area contributed by atoms with Crippen LogP contribution < -0.4 is 21.3 Å². The molecular weight excluding hydrogens is 490 g/mol. The summed E-state index contributed by atoms with van der Waals surface area (Å²) in [6, 6.07) is 13.8. The first-order valence-electron chi connectivity index (χ1n) is 12.4. The highest BCUT2D eigenvalue weighted by atomic mass is 16.5. The van der Waals surface area contributed by atoms with Crippen LogP contribution in [0.3, 0.4) is 0 Å². The third-order valence-electron chi connectivity index (χ3n) is 6.11. The molecule has 200 valence electrons. The molecule has 38 heavy (non-hydrogen) atoms. The van der Waals surface area contributed by atoms with Gasteiger partial charge in [0.2, 0.25) is 5.66 Å². The van der Waals surface area contributed by atoms with Gasteiger partial charge in [-0.25, -0.2) is 9.59 Å². The van der Waals surface area contributed by atoms with Gasteiger partial charge in [0, 0.05) is 30.1 Å². The number of alkyl carbamates (subject to hydrolysis) is 1. The maximum Gasteiger partial charge on any atom is 0.409 e. The number of hydrogen-bond acceptors (Lipinski definition) is 8. The fraction of sp³-hybridized carbons (Fsp3) is 0.346. The molecule has 6 N–H and O–H groups in total. The van der Waals surface area contributed by atoms with Gasteiger partial charge >= 0.3 is 12.1 Å². The van der Waals surface area contributed by atoms with Gasteiger partial charge in [-0.2, -0.15) is 5.10 Å². The number of carboxylic acid groups (broad SMARTS) is 1. The molecule has 12 nitrogen and oxygen atoms in total. The molecule has 1 aliphatic rings. The SMILES string of the molecule is O=C(NC(CCCCNC1N=CCCN1)(NC(=O)c1ccc2cn[nH]c2c1)C(=O)O)OCc1ccccc1. The van der Waals surface area contributed by atoms with Crippen molar-refractivity contribution in [3.63, 3.8) is 0 Å². The molecule has 2 amide bonds. The van der Waals surface area contributed by atoms with Crippen molar-refractivity contribution in [3.8, 4) is 0 Å². The number of unbranched alkanes of at least 4 members (excludes halogenated alkanes) is 1. The number of carbonyl (C=O) groups is 3. The lowest BCUT2D eigenvalue weighted by atomic mass is 10.0. The number of nitrogens with one attached hydrogen (secondary N) is 5. The van der Waals surface area contributed by atoms with Crippen molar-refractivity contribution in [1.82, 2.24) is 31.5 Å². The van der Waals surface area contributed by atoms with Crippen LogP contribution in [-0.2, 0) is 16.1 Å². The molecule has 2 aromatic carbocycles. The van der Waals surface area contributed by atoms with Crippen LogP contribution in [-0.4, -0.2) is 64.5 Å². The predicted molar refractivity (Wildman–Crippen MR) is 140 cm³/mol. The van der Waals surface area contributed by atoms with Crippen molar-refractivity contribution < 1.29 is 24.2 Å². The molecule has 0 fully saturated rings. The average Bonchev–Trinajstić information content (AvgIpc) is 3.41. The van der Waals surface area contributed by atoms with E-state index in [-0.39, 0.29) is 24.9 Å². The van der Waals surface area contributed by atoms with Crippen LogP contribution in [0.2, 0.25) is 0 Å². The van der Waals surface area contributed by atoms with Crippen LogP contribution in [0.5, 0.6) is 0 Å². The van der Waals surface area contributed by atoms with E-state index in [1.165, 1.54) is 0 Å². The fourth-order valence-electron chi connectivity index (χ4n) is 4.04. The normalized spacial score (nSPS) is 16.5. The minimum atomic E-state index is -2.09. The Kier molecular flexibility index (Phi) is 9.01. The summed E-state index contributed by atoms with van der Waals surface area (Å²) in [5.74, 6) is -2.07. The number of aliphatic carboxylic acids is 1. The number of aliphatic imine (C=N–C) groups is 1. The largest absolute Gasteiger partial charge is 0.478 e. The van der Waals surface area contributed by atoms with Crippen molar-refractivity contribution in [2.24, 2.45) is 4.99 Å². The topological polar surface area (TPSA) is 170 Å². The van der Waals surface area contributed by atoms with E-state index in [4.69, 9.17) is 4.74 Å². The second-order valence-electron chi connectivity index (χ2n) is 8.91. The van der Waals surface area contributed by atoms with Crippen molar-refractivity contribution in [2.45, 2.75) is 44.2 Å². The molecule has 0 spiro atoms. The molecule has 2 unspecified atom stereocenters. The van der Waals surface area contributed by atoms with Crippen LogP contribution in [0.1, 0.15) is 41.6 Å². The molecule has 0 aliphatic carbocycles. The molecule has 4 rings (SSSR count). The van der Waals surface area contributed by atoms with Gasteiger partial charge in [-0.05, 0) is 43.5 Å². The zero-order valence-corrected chi connectivity index (χ0v) is 20.8. The Hall–Kier alpha value is -4.29. The fourth-order valence-corrected chi connectivity index (χ4v) is 4.04. The average molecular weight is 522 g/mol. The number of hydrogen-bond donors (Lipinski definition) is 6. The van der Waals surface area contributed by atoms with Gasteiger partial charge in [-0.15, -0.1) is 0 Å². The molecule has 0 saturated heterocycles. The zero-order valence-electron chi connectivity index (χ0n) is 20.8. The number of aromatic nitrogens is 2. The summed E-state index contributed by atoms with van der Waals surface area (Å²) in [7, 11) is 0. The van der Waals surface area contributed by atoms with Gasteiger partial charge in [0.15, 0.2) is 6.29 Å². The molecule has 0 bridgehead atoms. The van der Waals surface area contributed by atoms with Crippen LogP contribution >= 0.6 is 0 Å². The monoisotopic (exact) mass is 521 g/mol. The highest BCUT2D eigenvalue weighted by molar-refractivity contribution is 6.00. The second kappa shape index (κ2) is 12.8. The number of carboxylic acids is 1. The quantitative estimate of drug-likeness (QED) is 0.155. The molecule has 1 aliphatic heterocycles. The van der Waals surface area contributed by atoms with Crippen LogP contribution in [0.25, 0.3) is 10.9 Å². The number of rotatable bonds is 12. The Morgan fingerprint density at radius 3 is 2.71 bits per heavy atom. The first-order chi connectivity index (χ1) is 18.4. The van der Waals surface area contributed by atoms with Crippen LogP contribution in [0, 0.1) is 0 Å². The number of amides is 2. The Labute approximate surface area is 219 Å². The molecule has 3 aromatic rings. The summed E-state index contributed by atoms with van der Waals surface area (Å²) < 4.78 is 5.26. The number of ether oxygens (including phenoxy) is 1. The third-order valence-corrected chi connectivity index (χ3v) is 6.11. The minimum absolute atomic E-state index is 0.0500. The number of fused-ring (bicyclic) bond motifs is 1. The summed E-state index contributed by atoms with van der Waals surface area (Å²) in [5.41, 5.74) is -0.506. The summed E-state index contributed by atoms with van der Waals surface area (Å²) in [4.78, 5) is 42.7. The summed E-state index contributed by atoms with van der Waals surface area (Å²) in [5, 5.41) is 29.1. The van der Waals surface area contributed by atoms with E-state index in [0.717, 1.165) is 23.9 Å². The summed E-state index contributed by atoms with van der Waals surface area (Å²) in [6.45, 7) is 1.34. The van der Waals surface area contributed by atoms with E-state index >= 15 is 0 Å². The Morgan fingerprint density at radius 1 is 1.11 bits per heavy atom. The highest BCUT2D eigenvalue weighted by Crippen LogP contribution is 2.17. The van der Waals surface area contributed by atoms with E-state index in [1.807, 2.05) is 12.3 Å². The first-order valence-corrected chi connectivity index (χ1v) is 12.4. The van der Waals surface area contributed by atoms with E-state index in [1.54, 1.807) is 48.7 Å². The van der Waals surface area contributed by atoms with Crippen molar-refractivity contribution in [1.29, 1.82) is 0 Å². The van der Waals surface area contributed by atoms with E-state index < -0.39 is 23.6 Å². The zero-order chi connectivity index (χ0) is 26.8. The molecule has 0 saturated carbocycles. The van der Waals surface area contributed by atoms with Crippen molar-refractivity contribution in [3.05, 3.63) is 65.9 Å². The first kappa shape index (κ1) is 26.8. The maximum atomic E-state index is 13.1. The lowest BCUT2D eigenvalue weighted by Crippen LogP contribution is -2.65. The third kappa shape index (κ3) is 7.14. The van der Waals surface area contributed by atoms with E-state index in [2.05, 4.69) is 36.5 Å². The molecule has 12 heteroatoms. The second-order valence-corrected chi connectivity index (χ2v) is 8.91.